The Morgan fingerprint density at radius 2 is 1.32 bits per heavy atom. The number of rotatable bonds is 1. The molecule has 1 heterocycles. The standard InChI is InChI=1S/C36H26BrN/c1-36(2)32-9-5-6-10-34(32)38(35-20-27-17-24-7-3-4-8-30(24)31(27)21-33(35)36)29-14-12-23-15-25-18-28(37)13-11-22(25)16-26(23)19-29/h3-16,18-21H,17H2,1-2H3. The van der Waals surface area contributed by atoms with Crippen LogP contribution in [0.25, 0.3) is 32.7 Å². The largest absolute Gasteiger partial charge is 0.310 e. The minimum absolute atomic E-state index is 0.102. The van der Waals surface area contributed by atoms with Crippen LogP contribution in [0.15, 0.2) is 114 Å². The highest BCUT2D eigenvalue weighted by molar-refractivity contribution is 9.10. The fraction of sp³-hybridized carbons (Fsp3) is 0.111. The Morgan fingerprint density at radius 1 is 0.579 bits per heavy atom. The van der Waals surface area contributed by atoms with Gasteiger partial charge < -0.3 is 4.90 Å². The predicted octanol–water partition coefficient (Wildman–Crippen LogP) is 10.4. The van der Waals surface area contributed by atoms with Crippen molar-refractivity contribution in [2.75, 3.05) is 4.90 Å². The summed E-state index contributed by atoms with van der Waals surface area (Å²) in [6, 6.07) is 40.8. The Kier molecular flexibility index (Phi) is 4.55. The Balaban J connectivity index is 1.38. The first-order chi connectivity index (χ1) is 18.5. The van der Waals surface area contributed by atoms with Crippen LogP contribution < -0.4 is 4.90 Å². The van der Waals surface area contributed by atoms with Crippen molar-refractivity contribution in [1.82, 2.24) is 0 Å². The van der Waals surface area contributed by atoms with Crippen molar-refractivity contribution in [2.45, 2.75) is 25.7 Å². The van der Waals surface area contributed by atoms with Gasteiger partial charge in [0.1, 0.15) is 0 Å². The van der Waals surface area contributed by atoms with Crippen LogP contribution in [0.4, 0.5) is 17.1 Å². The van der Waals surface area contributed by atoms with Gasteiger partial charge in [-0.25, -0.2) is 0 Å². The van der Waals surface area contributed by atoms with E-state index in [9.17, 15) is 0 Å². The van der Waals surface area contributed by atoms with Gasteiger partial charge in [0.2, 0.25) is 0 Å². The maximum absolute atomic E-state index is 3.62. The summed E-state index contributed by atoms with van der Waals surface area (Å²) in [6.07, 6.45) is 0.994. The maximum Gasteiger partial charge on any atom is 0.0505 e. The normalized spacial score (nSPS) is 14.8. The van der Waals surface area contributed by atoms with Gasteiger partial charge in [-0.15, -0.1) is 0 Å². The highest BCUT2D eigenvalue weighted by Gasteiger charge is 2.38. The number of hydrogen-bond acceptors (Lipinski definition) is 1. The van der Waals surface area contributed by atoms with E-state index < -0.39 is 0 Å². The van der Waals surface area contributed by atoms with Gasteiger partial charge in [-0.05, 0) is 116 Å². The quantitative estimate of drug-likeness (QED) is 0.183. The van der Waals surface area contributed by atoms with E-state index in [2.05, 4.69) is 144 Å². The second-order valence-electron chi connectivity index (χ2n) is 11.2. The number of para-hydroxylation sites is 1. The van der Waals surface area contributed by atoms with Gasteiger partial charge in [0, 0.05) is 15.6 Å². The number of hydrogen-bond donors (Lipinski definition) is 0. The molecule has 0 bridgehead atoms. The van der Waals surface area contributed by atoms with Crippen LogP contribution in [0.1, 0.15) is 36.1 Å². The highest BCUT2D eigenvalue weighted by Crippen LogP contribution is 2.54. The minimum atomic E-state index is -0.102. The molecule has 0 unspecified atom stereocenters. The summed E-state index contributed by atoms with van der Waals surface area (Å²) in [7, 11) is 0. The van der Waals surface area contributed by atoms with Crippen molar-refractivity contribution < 1.29 is 0 Å². The zero-order valence-electron chi connectivity index (χ0n) is 21.4. The predicted molar refractivity (Wildman–Crippen MR) is 164 cm³/mol. The van der Waals surface area contributed by atoms with E-state index in [-0.39, 0.29) is 5.41 Å². The third-order valence-electron chi connectivity index (χ3n) is 8.64. The fourth-order valence-electron chi connectivity index (χ4n) is 6.70. The van der Waals surface area contributed by atoms with Gasteiger partial charge in [0.05, 0.1) is 11.4 Å². The smallest absolute Gasteiger partial charge is 0.0505 e. The van der Waals surface area contributed by atoms with Crippen molar-refractivity contribution in [3.05, 3.63) is 136 Å². The van der Waals surface area contributed by atoms with Crippen LogP contribution in [-0.4, -0.2) is 0 Å². The molecule has 1 nitrogen and oxygen atoms in total. The first-order valence-corrected chi connectivity index (χ1v) is 14.1. The topological polar surface area (TPSA) is 3.24 Å². The fourth-order valence-corrected chi connectivity index (χ4v) is 7.08. The van der Waals surface area contributed by atoms with Crippen LogP contribution in [0.2, 0.25) is 0 Å². The zero-order valence-corrected chi connectivity index (χ0v) is 23.0. The Labute approximate surface area is 231 Å². The van der Waals surface area contributed by atoms with E-state index in [1.807, 2.05) is 0 Å². The second-order valence-corrected chi connectivity index (χ2v) is 12.1. The van der Waals surface area contributed by atoms with Crippen molar-refractivity contribution in [3.63, 3.8) is 0 Å². The van der Waals surface area contributed by atoms with Crippen LogP contribution >= 0.6 is 15.9 Å². The Hall–Kier alpha value is -3.88. The molecule has 0 amide bonds. The van der Waals surface area contributed by atoms with Crippen molar-refractivity contribution in [2.24, 2.45) is 0 Å². The zero-order chi connectivity index (χ0) is 25.6. The molecule has 0 saturated carbocycles. The van der Waals surface area contributed by atoms with E-state index >= 15 is 0 Å². The minimum Gasteiger partial charge on any atom is -0.310 e. The van der Waals surface area contributed by atoms with Gasteiger partial charge in [-0.1, -0.05) is 84.4 Å². The van der Waals surface area contributed by atoms with Crippen molar-refractivity contribution >= 4 is 54.5 Å². The molecule has 38 heavy (non-hydrogen) atoms. The lowest BCUT2D eigenvalue weighted by Gasteiger charge is -2.42. The molecule has 6 aromatic rings. The number of nitrogens with zero attached hydrogens (tertiary/aromatic N) is 1. The summed E-state index contributed by atoms with van der Waals surface area (Å²) in [5.74, 6) is 0. The SMILES string of the molecule is CC1(C)c2ccccc2N(c2ccc3cc4cc(Br)ccc4cc3c2)c2cc3c(cc21)-c1ccccc1C3. The number of fused-ring (bicyclic) bond motifs is 7. The average molecular weight is 553 g/mol. The second kappa shape index (κ2) is 7.82. The molecule has 2 heteroatoms. The Bertz CT molecular complexity index is 1950. The summed E-state index contributed by atoms with van der Waals surface area (Å²) in [6.45, 7) is 4.75. The monoisotopic (exact) mass is 551 g/mol. The van der Waals surface area contributed by atoms with Crippen molar-refractivity contribution in [3.8, 4) is 11.1 Å². The van der Waals surface area contributed by atoms with Gasteiger partial charge in [-0.3, -0.25) is 0 Å². The lowest BCUT2D eigenvalue weighted by atomic mass is 9.72. The molecule has 0 atom stereocenters. The molecule has 6 aromatic carbocycles. The first kappa shape index (κ1) is 22.1. The molecule has 1 aliphatic heterocycles. The van der Waals surface area contributed by atoms with E-state index in [0.717, 1.165) is 10.9 Å². The molecule has 182 valence electrons. The lowest BCUT2D eigenvalue weighted by molar-refractivity contribution is 0.632. The lowest BCUT2D eigenvalue weighted by Crippen LogP contribution is -2.30. The molecule has 0 spiro atoms. The summed E-state index contributed by atoms with van der Waals surface area (Å²) in [4.78, 5) is 2.49. The summed E-state index contributed by atoms with van der Waals surface area (Å²) < 4.78 is 1.11. The maximum atomic E-state index is 3.62. The van der Waals surface area contributed by atoms with Gasteiger partial charge in [0.15, 0.2) is 0 Å². The molecule has 8 rings (SSSR count). The van der Waals surface area contributed by atoms with Crippen LogP contribution in [0, 0.1) is 0 Å². The molecular formula is C36H26BrN. The van der Waals surface area contributed by atoms with Crippen LogP contribution in [-0.2, 0) is 11.8 Å². The molecule has 1 aliphatic carbocycles. The molecule has 0 fully saturated rings. The molecule has 0 radical (unpaired) electrons. The molecule has 0 saturated heterocycles. The Morgan fingerprint density at radius 3 is 2.18 bits per heavy atom. The van der Waals surface area contributed by atoms with Gasteiger partial charge in [0.25, 0.3) is 0 Å². The first-order valence-electron chi connectivity index (χ1n) is 13.3. The molecule has 0 aromatic heterocycles. The van der Waals surface area contributed by atoms with E-state index in [4.69, 9.17) is 0 Å². The molecular weight excluding hydrogens is 526 g/mol. The third-order valence-corrected chi connectivity index (χ3v) is 9.14. The van der Waals surface area contributed by atoms with Crippen LogP contribution in [0.3, 0.4) is 0 Å². The van der Waals surface area contributed by atoms with E-state index in [1.165, 1.54) is 72.0 Å². The van der Waals surface area contributed by atoms with Gasteiger partial charge in [-0.2, -0.15) is 0 Å². The summed E-state index contributed by atoms with van der Waals surface area (Å²) >= 11 is 3.62. The average Bonchev–Trinajstić information content (AvgIpc) is 3.29. The highest BCUT2D eigenvalue weighted by atomic mass is 79.9. The van der Waals surface area contributed by atoms with E-state index in [1.54, 1.807) is 0 Å². The van der Waals surface area contributed by atoms with Gasteiger partial charge >= 0.3 is 0 Å². The number of anilines is 3. The van der Waals surface area contributed by atoms with Crippen molar-refractivity contribution in [1.29, 1.82) is 0 Å². The summed E-state index contributed by atoms with van der Waals surface area (Å²) in [5.41, 5.74) is 12.0. The van der Waals surface area contributed by atoms with Crippen LogP contribution in [0.5, 0.6) is 0 Å². The summed E-state index contributed by atoms with van der Waals surface area (Å²) in [5, 5.41) is 5.03. The molecule has 2 aliphatic rings. The number of halogens is 1. The third kappa shape index (κ3) is 3.10. The molecule has 0 N–H and O–H groups in total. The number of benzene rings is 6. The van der Waals surface area contributed by atoms with E-state index in [0.29, 0.717) is 0 Å².